The minimum atomic E-state index is -1.05. The van der Waals surface area contributed by atoms with Gasteiger partial charge in [-0.1, -0.05) is 44.7 Å². The highest BCUT2D eigenvalue weighted by molar-refractivity contribution is 6.13. The van der Waals surface area contributed by atoms with Gasteiger partial charge < -0.3 is 14.3 Å². The fraction of sp³-hybridized carbons (Fsp3) is 0.462. The Kier molecular flexibility index (Phi) is 5.31. The fourth-order valence-electron chi connectivity index (χ4n) is 5.26. The summed E-state index contributed by atoms with van der Waals surface area (Å²) in [6, 6.07) is 11.8. The number of hydrogen-bond acceptors (Lipinski definition) is 3. The van der Waals surface area contributed by atoms with Crippen LogP contribution >= 0.6 is 0 Å². The van der Waals surface area contributed by atoms with Crippen LogP contribution in [0.2, 0.25) is 0 Å². The van der Waals surface area contributed by atoms with E-state index in [9.17, 15) is 9.59 Å². The molecule has 2 aliphatic rings. The van der Waals surface area contributed by atoms with Crippen LogP contribution in [0.3, 0.4) is 0 Å². The summed E-state index contributed by atoms with van der Waals surface area (Å²) in [6.07, 6.45) is 9.28. The largest absolute Gasteiger partial charge is 0.463 e. The number of nitrogens with zero attached hydrogens (tertiary/aromatic N) is 2. The first-order chi connectivity index (χ1) is 15.5. The number of furan rings is 1. The van der Waals surface area contributed by atoms with Crippen LogP contribution in [-0.4, -0.2) is 28.0 Å². The van der Waals surface area contributed by atoms with Gasteiger partial charge in [-0.3, -0.25) is 14.5 Å². The maximum Gasteiger partial charge on any atom is 0.276 e. The molecule has 32 heavy (non-hydrogen) atoms. The molecule has 0 saturated heterocycles. The maximum absolute atomic E-state index is 13.8. The van der Waals surface area contributed by atoms with Crippen molar-refractivity contribution in [3.63, 3.8) is 0 Å². The first-order valence-electron chi connectivity index (χ1n) is 11.8. The minimum absolute atomic E-state index is 0.0895. The lowest BCUT2D eigenvalue weighted by Gasteiger charge is -2.44. The van der Waals surface area contributed by atoms with Crippen molar-refractivity contribution in [2.75, 3.05) is 4.90 Å². The third-order valence-electron chi connectivity index (χ3n) is 7.19. The number of nitrogens with one attached hydrogen (secondary N) is 1. The van der Waals surface area contributed by atoms with Crippen LogP contribution in [0.4, 0.5) is 5.69 Å². The molecule has 1 aromatic carbocycles. The van der Waals surface area contributed by atoms with Crippen molar-refractivity contribution in [1.82, 2.24) is 9.88 Å². The van der Waals surface area contributed by atoms with E-state index < -0.39 is 5.54 Å². The van der Waals surface area contributed by atoms with Crippen LogP contribution in [0.15, 0.2) is 47.1 Å². The van der Waals surface area contributed by atoms with Crippen molar-refractivity contribution in [1.29, 1.82) is 0 Å². The number of carbonyl (C=O) groups excluding carboxylic acids is 2. The molecule has 0 radical (unpaired) electrons. The smallest absolute Gasteiger partial charge is 0.276 e. The number of amides is 2. The van der Waals surface area contributed by atoms with E-state index in [1.54, 1.807) is 17.2 Å². The molecule has 1 unspecified atom stereocenters. The van der Waals surface area contributed by atoms with Gasteiger partial charge >= 0.3 is 0 Å². The molecule has 1 atom stereocenters. The second kappa shape index (κ2) is 8.15. The number of carbonyl (C=O) groups is 2. The molecule has 1 aliphatic heterocycles. The molecule has 2 aromatic heterocycles. The monoisotopic (exact) mass is 433 g/mol. The molecular weight excluding hydrogens is 402 g/mol. The molecule has 0 bridgehead atoms. The topological polar surface area (TPSA) is 67.5 Å². The van der Waals surface area contributed by atoms with E-state index in [4.69, 9.17) is 4.42 Å². The molecule has 168 valence electrons. The van der Waals surface area contributed by atoms with Crippen LogP contribution in [0, 0.1) is 0 Å². The third kappa shape index (κ3) is 3.42. The summed E-state index contributed by atoms with van der Waals surface area (Å²) in [7, 11) is 0. The highest BCUT2D eigenvalue weighted by atomic mass is 16.3. The summed E-state index contributed by atoms with van der Waals surface area (Å²) in [6.45, 7) is 4.37. The number of benzene rings is 1. The second-order valence-corrected chi connectivity index (χ2v) is 9.38. The third-order valence-corrected chi connectivity index (χ3v) is 7.19. The van der Waals surface area contributed by atoms with E-state index in [1.165, 1.54) is 18.4 Å². The zero-order valence-corrected chi connectivity index (χ0v) is 18.9. The van der Waals surface area contributed by atoms with Crippen LogP contribution < -0.4 is 10.2 Å². The first-order valence-corrected chi connectivity index (χ1v) is 11.8. The van der Waals surface area contributed by atoms with Crippen LogP contribution in [-0.2, 0) is 17.8 Å². The summed E-state index contributed by atoms with van der Waals surface area (Å²) in [5.74, 6) is -0.265. The van der Waals surface area contributed by atoms with Gasteiger partial charge in [0.25, 0.3) is 5.91 Å². The lowest BCUT2D eigenvalue weighted by molar-refractivity contribution is -0.127. The average molecular weight is 434 g/mol. The molecule has 1 fully saturated rings. The predicted molar refractivity (Wildman–Crippen MR) is 125 cm³/mol. The van der Waals surface area contributed by atoms with Crippen molar-refractivity contribution >= 4 is 28.6 Å². The summed E-state index contributed by atoms with van der Waals surface area (Å²) < 4.78 is 7.50. The number of rotatable bonds is 4. The van der Waals surface area contributed by atoms with Crippen LogP contribution in [0.5, 0.6) is 0 Å². The minimum Gasteiger partial charge on any atom is -0.463 e. The van der Waals surface area contributed by atoms with Gasteiger partial charge in [0.2, 0.25) is 5.91 Å². The molecule has 1 saturated carbocycles. The van der Waals surface area contributed by atoms with Gasteiger partial charge in [0.15, 0.2) is 5.58 Å². The van der Waals surface area contributed by atoms with Gasteiger partial charge in [0, 0.05) is 23.9 Å². The van der Waals surface area contributed by atoms with Crippen molar-refractivity contribution in [2.45, 2.75) is 76.9 Å². The van der Waals surface area contributed by atoms with E-state index in [0.717, 1.165) is 43.3 Å². The number of aryl methyl sites for hydroxylation is 1. The van der Waals surface area contributed by atoms with Crippen molar-refractivity contribution < 1.29 is 14.0 Å². The predicted octanol–water partition coefficient (Wildman–Crippen LogP) is 5.05. The highest BCUT2D eigenvalue weighted by Crippen LogP contribution is 2.36. The zero-order valence-electron chi connectivity index (χ0n) is 18.9. The Morgan fingerprint density at radius 3 is 2.53 bits per heavy atom. The molecule has 3 aromatic rings. The normalized spacial score (nSPS) is 22.1. The second-order valence-electron chi connectivity index (χ2n) is 9.38. The average Bonchev–Trinajstić information content (AvgIpc) is 3.29. The molecule has 5 rings (SSSR count). The quantitative estimate of drug-likeness (QED) is 0.585. The molecule has 3 heterocycles. The fourth-order valence-corrected chi connectivity index (χ4v) is 5.26. The Hall–Kier alpha value is -3.02. The number of aromatic nitrogens is 1. The van der Waals surface area contributed by atoms with Gasteiger partial charge in [-0.25, -0.2) is 0 Å². The van der Waals surface area contributed by atoms with Gasteiger partial charge in [0.1, 0.15) is 11.2 Å². The van der Waals surface area contributed by atoms with E-state index in [-0.39, 0.29) is 17.9 Å². The Morgan fingerprint density at radius 1 is 1.12 bits per heavy atom. The lowest BCUT2D eigenvalue weighted by Crippen LogP contribution is -2.65. The molecule has 1 N–H and O–H groups in total. The number of hydrogen-bond donors (Lipinski definition) is 1. The van der Waals surface area contributed by atoms with E-state index >= 15 is 0 Å². The number of fused-ring (bicyclic) bond motifs is 3. The first kappa shape index (κ1) is 20.9. The van der Waals surface area contributed by atoms with Gasteiger partial charge in [-0.05, 0) is 43.9 Å². The Bertz CT molecular complexity index is 1130. The molecule has 0 spiro atoms. The summed E-state index contributed by atoms with van der Waals surface area (Å²) in [5, 5.41) is 3.31. The Labute approximate surface area is 188 Å². The maximum atomic E-state index is 13.8. The van der Waals surface area contributed by atoms with Gasteiger partial charge in [0.05, 0.1) is 18.3 Å². The van der Waals surface area contributed by atoms with Crippen LogP contribution in [0.1, 0.15) is 68.4 Å². The summed E-state index contributed by atoms with van der Waals surface area (Å²) in [5.41, 5.74) is 2.97. The zero-order chi connectivity index (χ0) is 22.3. The van der Waals surface area contributed by atoms with Crippen molar-refractivity contribution in [3.8, 4) is 0 Å². The summed E-state index contributed by atoms with van der Waals surface area (Å²) >= 11 is 0. The molecule has 1 aliphatic carbocycles. The SMILES string of the molecule is CCc1ccc(N2C(=O)c3cc4occc4n3CC2(C)C(=O)NC2CCCCCC2)cc1. The van der Waals surface area contributed by atoms with Crippen molar-refractivity contribution in [2.24, 2.45) is 0 Å². The van der Waals surface area contributed by atoms with E-state index in [2.05, 4.69) is 12.2 Å². The van der Waals surface area contributed by atoms with E-state index in [1.807, 2.05) is 41.8 Å². The molecule has 6 heteroatoms. The van der Waals surface area contributed by atoms with Gasteiger partial charge in [-0.2, -0.15) is 0 Å². The Morgan fingerprint density at radius 2 is 1.84 bits per heavy atom. The molecule has 6 nitrogen and oxygen atoms in total. The molecular formula is C26H31N3O3. The standard InChI is InChI=1S/C26H31N3O3/c1-3-18-10-12-20(13-11-18)29-24(30)22-16-23-21(14-15-32-23)28(22)17-26(29,2)25(31)27-19-8-6-4-5-7-9-19/h10-16,19H,3-9,17H2,1-2H3,(H,27,31). The van der Waals surface area contributed by atoms with Gasteiger partial charge in [-0.15, -0.1) is 0 Å². The number of anilines is 1. The van der Waals surface area contributed by atoms with E-state index in [0.29, 0.717) is 17.8 Å². The Balaban J connectivity index is 1.56. The highest BCUT2D eigenvalue weighted by Gasteiger charge is 2.49. The summed E-state index contributed by atoms with van der Waals surface area (Å²) in [4.78, 5) is 29.3. The van der Waals surface area contributed by atoms with Crippen LogP contribution in [0.25, 0.3) is 11.1 Å². The lowest BCUT2D eigenvalue weighted by atomic mass is 9.92. The molecule has 2 amide bonds. The van der Waals surface area contributed by atoms with Crippen molar-refractivity contribution in [3.05, 3.63) is 53.9 Å².